The molecule has 0 aliphatic rings. The maximum atomic E-state index is 12.4. The Balaban J connectivity index is 2.08. The van der Waals surface area contributed by atoms with Crippen molar-refractivity contribution in [1.29, 1.82) is 0 Å². The molecule has 0 fully saturated rings. The molecular formula is C17H20N2O4S. The molecule has 0 radical (unpaired) electrons. The average Bonchev–Trinajstić information content (AvgIpc) is 2.48. The average molecular weight is 348 g/mol. The van der Waals surface area contributed by atoms with E-state index in [1.165, 1.54) is 6.07 Å². The number of carboxylic acid groups (broad SMARTS) is 1. The topological polar surface area (TPSA) is 109 Å². The van der Waals surface area contributed by atoms with Crippen LogP contribution in [0.3, 0.4) is 0 Å². The molecule has 6 nitrogen and oxygen atoms in total. The summed E-state index contributed by atoms with van der Waals surface area (Å²) in [7, 11) is -3.69. The van der Waals surface area contributed by atoms with Gasteiger partial charge in [-0.1, -0.05) is 12.1 Å². The third kappa shape index (κ3) is 4.73. The van der Waals surface area contributed by atoms with Crippen molar-refractivity contribution < 1.29 is 18.3 Å². The highest BCUT2D eigenvalue weighted by atomic mass is 32.2. The minimum absolute atomic E-state index is 0.116. The molecule has 0 saturated heterocycles. The van der Waals surface area contributed by atoms with Gasteiger partial charge in [-0.3, -0.25) is 9.52 Å². The standard InChI is InChI=1S/C17H20N2O4S/c1-12-11-14(18)7-10-16(12)24(22,23)19-15-8-5-13(6-9-15)3-2-4-17(20)21/h5-11,19H,2-4,18H2,1H3,(H,20,21). The summed E-state index contributed by atoms with van der Waals surface area (Å²) >= 11 is 0. The van der Waals surface area contributed by atoms with Gasteiger partial charge in [0, 0.05) is 17.8 Å². The van der Waals surface area contributed by atoms with Gasteiger partial charge in [0.2, 0.25) is 0 Å². The number of anilines is 2. The lowest BCUT2D eigenvalue weighted by molar-refractivity contribution is -0.137. The number of carboxylic acids is 1. The second-order valence-corrected chi connectivity index (χ2v) is 7.23. The molecule has 2 aromatic rings. The van der Waals surface area contributed by atoms with E-state index in [1.54, 1.807) is 43.3 Å². The zero-order valence-corrected chi connectivity index (χ0v) is 14.1. The fourth-order valence-corrected chi connectivity index (χ4v) is 3.65. The van der Waals surface area contributed by atoms with Crippen molar-refractivity contribution in [3.8, 4) is 0 Å². The van der Waals surface area contributed by atoms with Gasteiger partial charge >= 0.3 is 5.97 Å². The quantitative estimate of drug-likeness (QED) is 0.667. The fourth-order valence-electron chi connectivity index (χ4n) is 2.37. The van der Waals surface area contributed by atoms with Gasteiger partial charge in [-0.15, -0.1) is 0 Å². The molecule has 7 heteroatoms. The summed E-state index contributed by atoms with van der Waals surface area (Å²) < 4.78 is 27.4. The molecule has 0 atom stereocenters. The molecule has 0 unspecified atom stereocenters. The molecule has 24 heavy (non-hydrogen) atoms. The van der Waals surface area contributed by atoms with Crippen LogP contribution in [0.25, 0.3) is 0 Å². The molecule has 2 rings (SSSR count). The first-order valence-corrected chi connectivity index (χ1v) is 8.96. The van der Waals surface area contributed by atoms with Crippen molar-refractivity contribution in [3.05, 3.63) is 53.6 Å². The molecule has 0 saturated carbocycles. The van der Waals surface area contributed by atoms with Crippen LogP contribution in [0.15, 0.2) is 47.4 Å². The Morgan fingerprint density at radius 3 is 2.42 bits per heavy atom. The molecule has 0 aliphatic heterocycles. The first kappa shape index (κ1) is 17.8. The third-order valence-electron chi connectivity index (χ3n) is 3.55. The summed E-state index contributed by atoms with van der Waals surface area (Å²) in [6.45, 7) is 1.69. The largest absolute Gasteiger partial charge is 0.481 e. The highest BCUT2D eigenvalue weighted by molar-refractivity contribution is 7.92. The zero-order valence-electron chi connectivity index (χ0n) is 13.3. The predicted octanol–water partition coefficient (Wildman–Crippen LogP) is 2.79. The normalized spacial score (nSPS) is 11.2. The van der Waals surface area contributed by atoms with Crippen LogP contribution in [0.1, 0.15) is 24.0 Å². The maximum absolute atomic E-state index is 12.4. The second-order valence-electron chi connectivity index (χ2n) is 5.57. The van der Waals surface area contributed by atoms with E-state index >= 15 is 0 Å². The van der Waals surface area contributed by atoms with Gasteiger partial charge in [0.15, 0.2) is 0 Å². The van der Waals surface area contributed by atoms with Gasteiger partial charge in [-0.25, -0.2) is 8.42 Å². The number of sulfonamides is 1. The van der Waals surface area contributed by atoms with E-state index < -0.39 is 16.0 Å². The first-order valence-electron chi connectivity index (χ1n) is 7.47. The molecule has 4 N–H and O–H groups in total. The van der Waals surface area contributed by atoms with Crippen molar-refractivity contribution in [2.75, 3.05) is 10.5 Å². The van der Waals surface area contributed by atoms with Crippen molar-refractivity contribution in [1.82, 2.24) is 0 Å². The van der Waals surface area contributed by atoms with Crippen LogP contribution in [-0.4, -0.2) is 19.5 Å². The van der Waals surface area contributed by atoms with Crippen LogP contribution in [0.2, 0.25) is 0 Å². The number of rotatable bonds is 7. The number of carbonyl (C=O) groups is 1. The highest BCUT2D eigenvalue weighted by Crippen LogP contribution is 2.21. The Morgan fingerprint density at radius 1 is 1.17 bits per heavy atom. The lowest BCUT2D eigenvalue weighted by Crippen LogP contribution is -2.14. The maximum Gasteiger partial charge on any atom is 0.303 e. The van der Waals surface area contributed by atoms with E-state index in [1.807, 2.05) is 0 Å². The number of nitrogens with two attached hydrogens (primary N) is 1. The molecule has 2 aromatic carbocycles. The summed E-state index contributed by atoms with van der Waals surface area (Å²) in [5.41, 5.74) is 8.15. The lowest BCUT2D eigenvalue weighted by Gasteiger charge is -2.11. The summed E-state index contributed by atoms with van der Waals surface area (Å²) in [5.74, 6) is -0.821. The van der Waals surface area contributed by atoms with Crippen LogP contribution < -0.4 is 10.5 Å². The van der Waals surface area contributed by atoms with Crippen LogP contribution in [0.4, 0.5) is 11.4 Å². The Kier molecular flexibility index (Phi) is 5.46. The Hall–Kier alpha value is -2.54. The SMILES string of the molecule is Cc1cc(N)ccc1S(=O)(=O)Nc1ccc(CCCC(=O)O)cc1. The summed E-state index contributed by atoms with van der Waals surface area (Å²) in [6.07, 6.45) is 1.30. The number of nitrogen functional groups attached to an aromatic ring is 1. The van der Waals surface area contributed by atoms with E-state index in [0.717, 1.165) is 5.56 Å². The van der Waals surface area contributed by atoms with E-state index in [0.29, 0.717) is 29.8 Å². The predicted molar refractivity (Wildman–Crippen MR) is 93.4 cm³/mol. The molecule has 128 valence electrons. The molecule has 0 aromatic heterocycles. The minimum Gasteiger partial charge on any atom is -0.481 e. The van der Waals surface area contributed by atoms with Gasteiger partial charge in [0.25, 0.3) is 10.0 Å². The van der Waals surface area contributed by atoms with Crippen LogP contribution in [-0.2, 0) is 21.2 Å². The summed E-state index contributed by atoms with van der Waals surface area (Å²) in [6, 6.07) is 11.5. The van der Waals surface area contributed by atoms with Crippen LogP contribution in [0, 0.1) is 6.92 Å². The van der Waals surface area contributed by atoms with E-state index in [9.17, 15) is 13.2 Å². The van der Waals surface area contributed by atoms with Crippen molar-refractivity contribution in [3.63, 3.8) is 0 Å². The van der Waals surface area contributed by atoms with E-state index in [4.69, 9.17) is 10.8 Å². The van der Waals surface area contributed by atoms with Crippen molar-refractivity contribution in [2.24, 2.45) is 0 Å². The van der Waals surface area contributed by atoms with Crippen LogP contribution in [0.5, 0.6) is 0 Å². The molecule has 0 spiro atoms. The Morgan fingerprint density at radius 2 is 1.83 bits per heavy atom. The summed E-state index contributed by atoms with van der Waals surface area (Å²) in [4.78, 5) is 10.7. The third-order valence-corrected chi connectivity index (χ3v) is 5.09. The highest BCUT2D eigenvalue weighted by Gasteiger charge is 2.16. The van der Waals surface area contributed by atoms with Crippen molar-refractivity contribution in [2.45, 2.75) is 31.1 Å². The minimum atomic E-state index is -3.69. The van der Waals surface area contributed by atoms with Crippen molar-refractivity contribution >= 4 is 27.4 Å². The summed E-state index contributed by atoms with van der Waals surface area (Å²) in [5, 5.41) is 8.63. The zero-order chi connectivity index (χ0) is 17.7. The van der Waals surface area contributed by atoms with Gasteiger partial charge < -0.3 is 10.8 Å². The number of aryl methyl sites for hydroxylation is 2. The number of nitrogens with one attached hydrogen (secondary N) is 1. The smallest absolute Gasteiger partial charge is 0.303 e. The number of hydrogen-bond donors (Lipinski definition) is 3. The van der Waals surface area contributed by atoms with Gasteiger partial charge in [-0.2, -0.15) is 0 Å². The lowest BCUT2D eigenvalue weighted by atomic mass is 10.1. The first-order chi connectivity index (χ1) is 11.3. The van der Waals surface area contributed by atoms with E-state index in [-0.39, 0.29) is 11.3 Å². The van der Waals surface area contributed by atoms with E-state index in [2.05, 4.69) is 4.72 Å². The van der Waals surface area contributed by atoms with Gasteiger partial charge in [0.1, 0.15) is 0 Å². The Bertz CT molecular complexity index is 830. The molecule has 0 bridgehead atoms. The molecule has 0 aliphatic carbocycles. The molecular weight excluding hydrogens is 328 g/mol. The monoisotopic (exact) mass is 348 g/mol. The number of hydrogen-bond acceptors (Lipinski definition) is 4. The number of benzene rings is 2. The number of aliphatic carboxylic acids is 1. The second kappa shape index (κ2) is 7.35. The Labute approximate surface area is 141 Å². The fraction of sp³-hybridized carbons (Fsp3) is 0.235. The molecule has 0 heterocycles. The van der Waals surface area contributed by atoms with Crippen LogP contribution >= 0.6 is 0 Å². The van der Waals surface area contributed by atoms with Gasteiger partial charge in [0.05, 0.1) is 4.90 Å². The van der Waals surface area contributed by atoms with Gasteiger partial charge in [-0.05, 0) is 61.2 Å². The molecule has 0 amide bonds.